The molecule has 0 aromatic heterocycles. The first-order valence-corrected chi connectivity index (χ1v) is 8.67. The van der Waals surface area contributed by atoms with Crippen molar-refractivity contribution in [1.29, 1.82) is 0 Å². The highest BCUT2D eigenvalue weighted by atomic mass is 16.5. The van der Waals surface area contributed by atoms with Gasteiger partial charge < -0.3 is 20.1 Å². The molecule has 0 aliphatic carbocycles. The Bertz CT molecular complexity index is 729. The van der Waals surface area contributed by atoms with Gasteiger partial charge in [-0.25, -0.2) is 0 Å². The fourth-order valence-electron chi connectivity index (χ4n) is 2.19. The van der Waals surface area contributed by atoms with E-state index in [4.69, 9.17) is 9.47 Å². The van der Waals surface area contributed by atoms with Gasteiger partial charge in [0.25, 0.3) is 0 Å². The van der Waals surface area contributed by atoms with Crippen LogP contribution in [0, 0.1) is 5.92 Å². The first-order valence-electron chi connectivity index (χ1n) is 8.67. The van der Waals surface area contributed by atoms with Crippen LogP contribution in [0.2, 0.25) is 0 Å². The number of hydrogen-bond acceptors (Lipinski definition) is 4. The van der Waals surface area contributed by atoms with Crippen LogP contribution in [0.15, 0.2) is 61.2 Å². The number of carbonyl (C=O) groups is 1. The van der Waals surface area contributed by atoms with Crippen molar-refractivity contribution in [1.82, 2.24) is 0 Å². The van der Waals surface area contributed by atoms with E-state index in [2.05, 4.69) is 31.1 Å². The summed E-state index contributed by atoms with van der Waals surface area (Å²) in [5.74, 6) is 1.71. The van der Waals surface area contributed by atoms with E-state index in [-0.39, 0.29) is 12.5 Å². The van der Waals surface area contributed by atoms with E-state index in [1.165, 1.54) is 0 Å². The number of carbonyl (C=O) groups excluding carboxylic acids is 1. The standard InChI is InChI=1S/C21H26N2O3/c1-4-12-25-18-9-7-8-17(13-18)23-21(24)14-22-19-10-5-6-11-20(19)26-15-16(2)3/h4-11,13,16,22H,1,12,14-15H2,2-3H3,(H,23,24). The Kier molecular flexibility index (Phi) is 7.55. The minimum Gasteiger partial charge on any atom is -0.491 e. The van der Waals surface area contributed by atoms with Gasteiger partial charge in [-0.1, -0.05) is 44.7 Å². The number of anilines is 2. The first-order chi connectivity index (χ1) is 12.6. The summed E-state index contributed by atoms with van der Waals surface area (Å²) in [5.41, 5.74) is 1.48. The molecule has 26 heavy (non-hydrogen) atoms. The Hall–Kier alpha value is -2.95. The minimum absolute atomic E-state index is 0.139. The van der Waals surface area contributed by atoms with Gasteiger partial charge in [-0.3, -0.25) is 4.79 Å². The monoisotopic (exact) mass is 354 g/mol. The number of benzene rings is 2. The number of rotatable bonds is 10. The third kappa shape index (κ3) is 6.51. The third-order valence-electron chi connectivity index (χ3n) is 3.38. The molecule has 2 N–H and O–H groups in total. The first kappa shape index (κ1) is 19.4. The molecule has 0 unspecified atom stereocenters. The largest absolute Gasteiger partial charge is 0.491 e. The highest BCUT2D eigenvalue weighted by Gasteiger charge is 2.07. The zero-order valence-electron chi connectivity index (χ0n) is 15.3. The van der Waals surface area contributed by atoms with E-state index in [1.807, 2.05) is 42.5 Å². The van der Waals surface area contributed by atoms with Gasteiger partial charge >= 0.3 is 0 Å². The Labute approximate surface area is 155 Å². The van der Waals surface area contributed by atoms with Gasteiger partial charge in [-0.05, 0) is 30.2 Å². The second kappa shape index (κ2) is 10.1. The van der Waals surface area contributed by atoms with Crippen molar-refractivity contribution in [2.45, 2.75) is 13.8 Å². The summed E-state index contributed by atoms with van der Waals surface area (Å²) in [4.78, 5) is 12.2. The molecule has 1 amide bonds. The average molecular weight is 354 g/mol. The predicted molar refractivity (Wildman–Crippen MR) is 106 cm³/mol. The Morgan fingerprint density at radius 1 is 1.15 bits per heavy atom. The number of amides is 1. The van der Waals surface area contributed by atoms with E-state index in [9.17, 15) is 4.79 Å². The van der Waals surface area contributed by atoms with Gasteiger partial charge in [0.05, 0.1) is 18.8 Å². The van der Waals surface area contributed by atoms with Crippen LogP contribution in [-0.4, -0.2) is 25.7 Å². The minimum atomic E-state index is -0.149. The molecule has 2 aromatic rings. The summed E-state index contributed by atoms with van der Waals surface area (Å²) in [6, 6.07) is 14.9. The second-order valence-electron chi connectivity index (χ2n) is 6.23. The Balaban J connectivity index is 1.90. The lowest BCUT2D eigenvalue weighted by molar-refractivity contribution is -0.114. The molecule has 0 fully saturated rings. The van der Waals surface area contributed by atoms with Crippen LogP contribution in [0.4, 0.5) is 11.4 Å². The molecular formula is C21H26N2O3. The molecule has 5 nitrogen and oxygen atoms in total. The molecule has 5 heteroatoms. The van der Waals surface area contributed by atoms with Gasteiger partial charge in [0, 0.05) is 11.8 Å². The molecule has 0 radical (unpaired) electrons. The fraction of sp³-hybridized carbons (Fsp3) is 0.286. The zero-order valence-corrected chi connectivity index (χ0v) is 15.3. The Morgan fingerprint density at radius 2 is 1.96 bits per heavy atom. The van der Waals surface area contributed by atoms with E-state index in [0.29, 0.717) is 30.6 Å². The molecule has 0 aliphatic heterocycles. The summed E-state index contributed by atoms with van der Waals surface area (Å²) in [7, 11) is 0. The number of para-hydroxylation sites is 2. The van der Waals surface area contributed by atoms with E-state index < -0.39 is 0 Å². The van der Waals surface area contributed by atoms with Crippen molar-refractivity contribution in [3.8, 4) is 11.5 Å². The molecule has 2 rings (SSSR count). The quantitative estimate of drug-likeness (QED) is 0.623. The lowest BCUT2D eigenvalue weighted by atomic mass is 10.2. The smallest absolute Gasteiger partial charge is 0.243 e. The normalized spacial score (nSPS) is 10.3. The average Bonchev–Trinajstić information content (AvgIpc) is 2.64. The van der Waals surface area contributed by atoms with Crippen LogP contribution in [0.3, 0.4) is 0 Å². The highest BCUT2D eigenvalue weighted by Crippen LogP contribution is 2.24. The van der Waals surface area contributed by atoms with Crippen LogP contribution >= 0.6 is 0 Å². The lowest BCUT2D eigenvalue weighted by Gasteiger charge is -2.14. The van der Waals surface area contributed by atoms with Crippen LogP contribution in [0.1, 0.15) is 13.8 Å². The predicted octanol–water partition coefficient (Wildman–Crippen LogP) is 4.34. The van der Waals surface area contributed by atoms with Crippen molar-refractivity contribution in [2.75, 3.05) is 30.4 Å². The number of nitrogens with one attached hydrogen (secondary N) is 2. The van der Waals surface area contributed by atoms with Crippen LogP contribution in [0.5, 0.6) is 11.5 Å². The van der Waals surface area contributed by atoms with Crippen molar-refractivity contribution in [2.24, 2.45) is 5.92 Å². The summed E-state index contributed by atoms with van der Waals surface area (Å²) in [6.45, 7) is 8.99. The van der Waals surface area contributed by atoms with Gasteiger partial charge in [0.2, 0.25) is 5.91 Å². The summed E-state index contributed by atoms with van der Waals surface area (Å²) in [6.07, 6.45) is 1.67. The van der Waals surface area contributed by atoms with Crippen molar-refractivity contribution in [3.05, 3.63) is 61.2 Å². The van der Waals surface area contributed by atoms with Gasteiger partial charge in [-0.2, -0.15) is 0 Å². The Morgan fingerprint density at radius 3 is 2.73 bits per heavy atom. The van der Waals surface area contributed by atoms with E-state index in [0.717, 1.165) is 11.4 Å². The van der Waals surface area contributed by atoms with Gasteiger partial charge in [0.15, 0.2) is 0 Å². The van der Waals surface area contributed by atoms with Crippen molar-refractivity contribution < 1.29 is 14.3 Å². The molecule has 0 heterocycles. The second-order valence-corrected chi connectivity index (χ2v) is 6.23. The van der Waals surface area contributed by atoms with E-state index in [1.54, 1.807) is 12.1 Å². The molecular weight excluding hydrogens is 328 g/mol. The van der Waals surface area contributed by atoms with E-state index >= 15 is 0 Å². The maximum Gasteiger partial charge on any atom is 0.243 e. The van der Waals surface area contributed by atoms with Crippen molar-refractivity contribution >= 4 is 17.3 Å². The molecule has 0 atom stereocenters. The van der Waals surface area contributed by atoms with Gasteiger partial charge in [-0.15, -0.1) is 0 Å². The molecule has 138 valence electrons. The SMILES string of the molecule is C=CCOc1cccc(NC(=O)CNc2ccccc2OCC(C)C)c1. The van der Waals surface area contributed by atoms with Crippen LogP contribution in [0.25, 0.3) is 0 Å². The van der Waals surface area contributed by atoms with Crippen LogP contribution < -0.4 is 20.1 Å². The molecule has 0 aliphatic rings. The molecule has 0 saturated heterocycles. The molecule has 2 aromatic carbocycles. The topological polar surface area (TPSA) is 59.6 Å². The van der Waals surface area contributed by atoms with Crippen molar-refractivity contribution in [3.63, 3.8) is 0 Å². The van der Waals surface area contributed by atoms with Gasteiger partial charge in [0.1, 0.15) is 18.1 Å². The maximum atomic E-state index is 12.2. The summed E-state index contributed by atoms with van der Waals surface area (Å²) < 4.78 is 11.3. The molecule has 0 saturated carbocycles. The molecule has 0 bridgehead atoms. The third-order valence-corrected chi connectivity index (χ3v) is 3.38. The van der Waals surface area contributed by atoms with Crippen LogP contribution in [-0.2, 0) is 4.79 Å². The number of hydrogen-bond donors (Lipinski definition) is 2. The summed E-state index contributed by atoms with van der Waals surface area (Å²) in [5, 5.41) is 5.97. The lowest BCUT2D eigenvalue weighted by Crippen LogP contribution is -2.22. The maximum absolute atomic E-state index is 12.2. The highest BCUT2D eigenvalue weighted by molar-refractivity contribution is 5.94. The summed E-state index contributed by atoms with van der Waals surface area (Å²) >= 11 is 0. The zero-order chi connectivity index (χ0) is 18.8. The fourth-order valence-corrected chi connectivity index (χ4v) is 2.19. The number of ether oxygens (including phenoxy) is 2. The molecule has 0 spiro atoms.